The van der Waals surface area contributed by atoms with Gasteiger partial charge in [0, 0.05) is 13.1 Å². The van der Waals surface area contributed by atoms with E-state index in [1.165, 1.54) is 10.7 Å². The van der Waals surface area contributed by atoms with Crippen LogP contribution in [0.1, 0.15) is 16.1 Å². The van der Waals surface area contributed by atoms with Crippen LogP contribution in [0.25, 0.3) is 11.5 Å². The van der Waals surface area contributed by atoms with Crippen molar-refractivity contribution in [2.24, 2.45) is 7.05 Å². The highest BCUT2D eigenvalue weighted by Crippen LogP contribution is 2.23. The maximum Gasteiger partial charge on any atom is 0.354 e. The monoisotopic (exact) mass is 206 g/mol. The van der Waals surface area contributed by atoms with Gasteiger partial charge in [-0.1, -0.05) is 0 Å². The molecule has 1 N–H and O–H groups in total. The van der Waals surface area contributed by atoms with Gasteiger partial charge in [0.25, 0.3) is 0 Å². The van der Waals surface area contributed by atoms with Crippen molar-refractivity contribution in [3.05, 3.63) is 29.7 Å². The van der Waals surface area contributed by atoms with Crippen molar-refractivity contribution in [2.45, 2.75) is 6.92 Å². The topological polar surface area (TPSA) is 68.3 Å². The summed E-state index contributed by atoms with van der Waals surface area (Å²) in [4.78, 5) is 10.8. The number of aromatic carboxylic acids is 1. The van der Waals surface area contributed by atoms with Gasteiger partial charge in [0.15, 0.2) is 5.76 Å². The lowest BCUT2D eigenvalue weighted by Gasteiger charge is -1.92. The molecule has 0 fully saturated rings. The normalized spacial score (nSPS) is 10.5. The molecule has 0 spiro atoms. The number of hydrogen-bond donors (Lipinski definition) is 1. The molecule has 2 heterocycles. The lowest BCUT2D eigenvalue weighted by atomic mass is 10.2. The molecule has 2 aromatic heterocycles. The van der Waals surface area contributed by atoms with Gasteiger partial charge in [0.2, 0.25) is 0 Å². The zero-order valence-corrected chi connectivity index (χ0v) is 8.39. The molecule has 2 rings (SSSR count). The van der Waals surface area contributed by atoms with Crippen molar-refractivity contribution in [2.75, 3.05) is 0 Å². The fourth-order valence-corrected chi connectivity index (χ4v) is 1.41. The van der Waals surface area contributed by atoms with Crippen molar-refractivity contribution in [1.29, 1.82) is 0 Å². The van der Waals surface area contributed by atoms with E-state index in [2.05, 4.69) is 5.10 Å². The Balaban J connectivity index is 2.52. The molecule has 0 bridgehead atoms. The summed E-state index contributed by atoms with van der Waals surface area (Å²) in [5.41, 5.74) is 1.61. The van der Waals surface area contributed by atoms with E-state index in [1.54, 1.807) is 13.3 Å². The van der Waals surface area contributed by atoms with Crippen LogP contribution < -0.4 is 0 Å². The minimum atomic E-state index is -1.000. The van der Waals surface area contributed by atoms with Gasteiger partial charge in [-0.25, -0.2) is 4.79 Å². The Kier molecular flexibility index (Phi) is 2.07. The number of carboxylic acids is 1. The molecule has 2 aromatic rings. The van der Waals surface area contributed by atoms with Crippen LogP contribution in [-0.2, 0) is 7.05 Å². The van der Waals surface area contributed by atoms with E-state index in [0.29, 0.717) is 11.5 Å². The number of aryl methyl sites for hydroxylation is 2. The summed E-state index contributed by atoms with van der Waals surface area (Å²) in [7, 11) is 1.59. The molecule has 0 aromatic carbocycles. The lowest BCUT2D eigenvalue weighted by Crippen LogP contribution is -2.04. The third-order valence-electron chi connectivity index (χ3n) is 2.19. The average Bonchev–Trinajstić information content (AvgIpc) is 2.71. The second-order valence-electron chi connectivity index (χ2n) is 3.28. The molecule has 5 nitrogen and oxygen atoms in total. The summed E-state index contributed by atoms with van der Waals surface area (Å²) in [5.74, 6) is -0.390. The predicted octanol–water partition coefficient (Wildman–Crippen LogP) is 1.69. The van der Waals surface area contributed by atoms with E-state index in [0.717, 1.165) is 5.56 Å². The van der Waals surface area contributed by atoms with Crippen LogP contribution in [0.5, 0.6) is 0 Å². The van der Waals surface area contributed by atoms with E-state index < -0.39 is 5.97 Å². The van der Waals surface area contributed by atoms with Crippen LogP contribution in [0.3, 0.4) is 0 Å². The zero-order chi connectivity index (χ0) is 11.0. The van der Waals surface area contributed by atoms with Crippen molar-refractivity contribution in [3.63, 3.8) is 0 Å². The Labute approximate surface area is 85.9 Å². The standard InChI is InChI=1S/C10H10N2O3/c1-6-3-4-15-9(6)7-5-8(10(13)14)12(2)11-7/h3-5H,1-2H3,(H,13,14). The first kappa shape index (κ1) is 9.51. The number of hydrogen-bond acceptors (Lipinski definition) is 3. The summed E-state index contributed by atoms with van der Waals surface area (Å²) < 4.78 is 6.55. The maximum atomic E-state index is 10.8. The first-order valence-electron chi connectivity index (χ1n) is 4.41. The van der Waals surface area contributed by atoms with E-state index in [4.69, 9.17) is 9.52 Å². The van der Waals surface area contributed by atoms with Gasteiger partial charge in [-0.3, -0.25) is 4.68 Å². The third-order valence-corrected chi connectivity index (χ3v) is 2.19. The Hall–Kier alpha value is -2.04. The molecule has 0 radical (unpaired) electrons. The largest absolute Gasteiger partial charge is 0.477 e. The molecule has 0 atom stereocenters. The second-order valence-corrected chi connectivity index (χ2v) is 3.28. The Morgan fingerprint density at radius 1 is 1.60 bits per heavy atom. The highest BCUT2D eigenvalue weighted by Gasteiger charge is 2.15. The summed E-state index contributed by atoms with van der Waals surface area (Å²) >= 11 is 0. The van der Waals surface area contributed by atoms with Crippen molar-refractivity contribution in [3.8, 4) is 11.5 Å². The molecule has 0 saturated heterocycles. The van der Waals surface area contributed by atoms with E-state index in [-0.39, 0.29) is 5.69 Å². The summed E-state index contributed by atoms with van der Waals surface area (Å²) in [6.45, 7) is 1.88. The Morgan fingerprint density at radius 2 is 2.33 bits per heavy atom. The quantitative estimate of drug-likeness (QED) is 0.811. The average molecular weight is 206 g/mol. The SMILES string of the molecule is Cc1ccoc1-c1cc(C(=O)O)n(C)n1. The lowest BCUT2D eigenvalue weighted by molar-refractivity contribution is 0.0685. The number of furan rings is 1. The second kappa shape index (κ2) is 3.27. The highest BCUT2D eigenvalue weighted by atomic mass is 16.4. The maximum absolute atomic E-state index is 10.8. The van der Waals surface area contributed by atoms with Crippen molar-refractivity contribution < 1.29 is 14.3 Å². The van der Waals surface area contributed by atoms with E-state index in [1.807, 2.05) is 13.0 Å². The van der Waals surface area contributed by atoms with Crippen LogP contribution in [0.15, 0.2) is 22.8 Å². The minimum Gasteiger partial charge on any atom is -0.477 e. The van der Waals surface area contributed by atoms with Gasteiger partial charge in [0.05, 0.1) is 6.26 Å². The van der Waals surface area contributed by atoms with Crippen molar-refractivity contribution in [1.82, 2.24) is 9.78 Å². The fourth-order valence-electron chi connectivity index (χ4n) is 1.41. The summed E-state index contributed by atoms with van der Waals surface area (Å²) in [5, 5.41) is 12.9. The molecule has 78 valence electrons. The zero-order valence-electron chi connectivity index (χ0n) is 8.39. The van der Waals surface area contributed by atoms with E-state index in [9.17, 15) is 4.79 Å². The van der Waals surface area contributed by atoms with Gasteiger partial charge in [-0.05, 0) is 18.6 Å². The van der Waals surface area contributed by atoms with Gasteiger partial charge in [-0.2, -0.15) is 5.10 Å². The molecule has 0 aliphatic rings. The number of aromatic nitrogens is 2. The molecule has 0 unspecified atom stereocenters. The molecular formula is C10H10N2O3. The first-order chi connectivity index (χ1) is 7.09. The molecule has 5 heteroatoms. The molecule has 0 aliphatic carbocycles. The van der Waals surface area contributed by atoms with Gasteiger partial charge >= 0.3 is 5.97 Å². The van der Waals surface area contributed by atoms with Crippen LogP contribution >= 0.6 is 0 Å². The molecule has 0 aliphatic heterocycles. The first-order valence-corrected chi connectivity index (χ1v) is 4.41. The van der Waals surface area contributed by atoms with Gasteiger partial charge in [-0.15, -0.1) is 0 Å². The third kappa shape index (κ3) is 1.52. The number of nitrogens with zero attached hydrogens (tertiary/aromatic N) is 2. The number of rotatable bonds is 2. The summed E-state index contributed by atoms with van der Waals surface area (Å²) in [6, 6.07) is 3.30. The van der Waals surface area contributed by atoms with Crippen molar-refractivity contribution >= 4 is 5.97 Å². The van der Waals surface area contributed by atoms with Gasteiger partial charge < -0.3 is 9.52 Å². The van der Waals surface area contributed by atoms with Crippen LogP contribution in [-0.4, -0.2) is 20.9 Å². The summed E-state index contributed by atoms with van der Waals surface area (Å²) in [6.07, 6.45) is 1.56. The van der Waals surface area contributed by atoms with Crippen LogP contribution in [0.2, 0.25) is 0 Å². The van der Waals surface area contributed by atoms with Crippen LogP contribution in [0, 0.1) is 6.92 Å². The number of carboxylic acid groups (broad SMARTS) is 1. The Morgan fingerprint density at radius 3 is 2.80 bits per heavy atom. The fraction of sp³-hybridized carbons (Fsp3) is 0.200. The smallest absolute Gasteiger partial charge is 0.354 e. The van der Waals surface area contributed by atoms with Gasteiger partial charge in [0.1, 0.15) is 11.4 Å². The Bertz CT molecular complexity index is 510. The van der Waals surface area contributed by atoms with E-state index >= 15 is 0 Å². The van der Waals surface area contributed by atoms with Crippen LogP contribution in [0.4, 0.5) is 0 Å². The molecule has 15 heavy (non-hydrogen) atoms. The molecule has 0 saturated carbocycles. The highest BCUT2D eigenvalue weighted by molar-refractivity contribution is 5.87. The minimum absolute atomic E-state index is 0.140. The predicted molar refractivity (Wildman–Crippen MR) is 52.6 cm³/mol. The molecular weight excluding hydrogens is 196 g/mol. The number of carbonyl (C=O) groups is 1. The molecule has 0 amide bonds.